The molecule has 11 heteroatoms. The maximum atomic E-state index is 11.9. The number of hydrogen-bond acceptors (Lipinski definition) is 5. The molecule has 0 unspecified atom stereocenters. The van der Waals surface area contributed by atoms with Gasteiger partial charge in [0.05, 0.1) is 12.8 Å². The minimum absolute atomic E-state index is 0. The van der Waals surface area contributed by atoms with Gasteiger partial charge in [-0.2, -0.15) is 0 Å². The van der Waals surface area contributed by atoms with Gasteiger partial charge in [-0.3, -0.25) is 14.7 Å². The van der Waals surface area contributed by atoms with Gasteiger partial charge < -0.3 is 16.0 Å². The first-order chi connectivity index (χ1) is 13.8. The fourth-order valence-electron chi connectivity index (χ4n) is 3.83. The van der Waals surface area contributed by atoms with Crippen LogP contribution in [-0.4, -0.2) is 94.6 Å². The van der Waals surface area contributed by atoms with E-state index in [1.165, 1.54) is 6.26 Å². The highest BCUT2D eigenvalue weighted by Gasteiger charge is 2.25. The average Bonchev–Trinajstić information content (AvgIpc) is 2.70. The second-order valence-electron chi connectivity index (χ2n) is 8.10. The molecule has 2 saturated heterocycles. The minimum atomic E-state index is -3.07. The van der Waals surface area contributed by atoms with Crippen molar-refractivity contribution in [3.8, 4) is 0 Å². The molecule has 2 aliphatic rings. The highest BCUT2D eigenvalue weighted by molar-refractivity contribution is 14.0. The summed E-state index contributed by atoms with van der Waals surface area (Å²) in [6, 6.07) is 0.350. The molecule has 0 aromatic rings. The summed E-state index contributed by atoms with van der Waals surface area (Å²) in [7, 11) is -1.30. The molecule has 2 fully saturated rings. The van der Waals surface area contributed by atoms with E-state index in [1.807, 2.05) is 0 Å². The number of nitrogens with zero attached hydrogens (tertiary/aromatic N) is 3. The lowest BCUT2D eigenvalue weighted by Crippen LogP contribution is -2.51. The van der Waals surface area contributed by atoms with E-state index in [0.717, 1.165) is 64.2 Å². The molecule has 0 bridgehead atoms. The van der Waals surface area contributed by atoms with Gasteiger partial charge in [-0.15, -0.1) is 24.0 Å². The molecule has 0 aromatic heterocycles. The number of piperidine rings is 2. The predicted molar refractivity (Wildman–Crippen MR) is 132 cm³/mol. The monoisotopic (exact) mass is 558 g/mol. The molecule has 1 amide bonds. The molecule has 2 rings (SSSR count). The highest BCUT2D eigenvalue weighted by Crippen LogP contribution is 2.18. The van der Waals surface area contributed by atoms with E-state index in [2.05, 4.69) is 32.8 Å². The van der Waals surface area contributed by atoms with E-state index >= 15 is 0 Å². The fourth-order valence-corrected chi connectivity index (χ4v) is 4.71. The van der Waals surface area contributed by atoms with Crippen LogP contribution in [0.2, 0.25) is 0 Å². The Hall–Kier alpha value is -0.660. The Balaban J connectivity index is 0.00000450. The second kappa shape index (κ2) is 13.7. The third-order valence-electron chi connectivity index (χ3n) is 5.69. The molecule has 0 saturated carbocycles. The van der Waals surface area contributed by atoms with Crippen molar-refractivity contribution >= 4 is 45.9 Å². The number of sulfonamides is 1. The van der Waals surface area contributed by atoms with Crippen LogP contribution in [-0.2, 0) is 14.8 Å². The zero-order valence-electron chi connectivity index (χ0n) is 18.5. The maximum absolute atomic E-state index is 11.9. The van der Waals surface area contributed by atoms with Crippen LogP contribution in [0.1, 0.15) is 39.0 Å². The third kappa shape index (κ3) is 9.65. The molecular formula is C19H39IN6O3S. The molecule has 2 heterocycles. The molecule has 30 heavy (non-hydrogen) atoms. The average molecular weight is 559 g/mol. The van der Waals surface area contributed by atoms with Gasteiger partial charge >= 0.3 is 0 Å². The molecule has 0 spiro atoms. The zero-order chi connectivity index (χ0) is 21.3. The van der Waals surface area contributed by atoms with Crippen LogP contribution in [0.15, 0.2) is 4.99 Å². The lowest BCUT2D eigenvalue weighted by Gasteiger charge is -2.33. The largest absolute Gasteiger partial charge is 0.356 e. The maximum Gasteiger partial charge on any atom is 0.234 e. The van der Waals surface area contributed by atoms with Crippen molar-refractivity contribution in [3.05, 3.63) is 0 Å². The molecule has 9 nitrogen and oxygen atoms in total. The van der Waals surface area contributed by atoms with Gasteiger partial charge in [0.15, 0.2) is 5.96 Å². The third-order valence-corrected chi connectivity index (χ3v) is 7.00. The molecule has 2 aliphatic heterocycles. The molecule has 3 N–H and O–H groups in total. The normalized spacial score (nSPS) is 20.4. The highest BCUT2D eigenvalue weighted by atomic mass is 127. The van der Waals surface area contributed by atoms with Gasteiger partial charge in [0, 0.05) is 52.4 Å². The molecule has 0 radical (unpaired) electrons. The smallest absolute Gasteiger partial charge is 0.234 e. The van der Waals surface area contributed by atoms with E-state index < -0.39 is 10.0 Å². The Bertz CT molecular complexity index is 645. The van der Waals surface area contributed by atoms with E-state index in [0.29, 0.717) is 31.6 Å². The SMILES string of the molecule is CCCNC(=O)CN1CCC(NC(=NC)NCC2CCN(S(C)(=O)=O)CC2)CC1.I. The van der Waals surface area contributed by atoms with Gasteiger partial charge in [-0.25, -0.2) is 12.7 Å². The van der Waals surface area contributed by atoms with Crippen molar-refractivity contribution in [1.82, 2.24) is 25.2 Å². The summed E-state index contributed by atoms with van der Waals surface area (Å²) in [5, 5.41) is 9.82. The number of halogens is 1. The quantitative estimate of drug-likeness (QED) is 0.227. The Kier molecular flexibility index (Phi) is 12.5. The number of guanidine groups is 1. The van der Waals surface area contributed by atoms with Gasteiger partial charge in [0.2, 0.25) is 15.9 Å². The standard InChI is InChI=1S/C19H38N6O3S.HI/c1-4-9-21-18(26)15-24-10-7-17(8-11-24)23-19(20-2)22-14-16-5-12-25(13-6-16)29(3,27)28;/h16-17H,4-15H2,1-3H3,(H,21,26)(H2,20,22,23);1H. The number of nitrogens with one attached hydrogen (secondary N) is 3. The summed E-state index contributed by atoms with van der Waals surface area (Å²) in [5.41, 5.74) is 0. The van der Waals surface area contributed by atoms with Crippen molar-refractivity contribution in [3.63, 3.8) is 0 Å². The van der Waals surface area contributed by atoms with Crippen LogP contribution in [0.3, 0.4) is 0 Å². The Morgan fingerprint density at radius 3 is 2.23 bits per heavy atom. The van der Waals surface area contributed by atoms with Crippen LogP contribution in [0, 0.1) is 5.92 Å². The summed E-state index contributed by atoms with van der Waals surface area (Å²) in [6.45, 7) is 7.07. The molecule has 0 aromatic carbocycles. The first-order valence-electron chi connectivity index (χ1n) is 10.7. The second-order valence-corrected chi connectivity index (χ2v) is 10.1. The molecule has 0 aliphatic carbocycles. The first kappa shape index (κ1) is 27.4. The van der Waals surface area contributed by atoms with Crippen LogP contribution in [0.4, 0.5) is 0 Å². The van der Waals surface area contributed by atoms with Gasteiger partial charge in [-0.1, -0.05) is 6.92 Å². The van der Waals surface area contributed by atoms with Gasteiger partial charge in [-0.05, 0) is 38.0 Å². The van der Waals surface area contributed by atoms with Crippen LogP contribution in [0.25, 0.3) is 0 Å². The summed E-state index contributed by atoms with van der Waals surface area (Å²) in [4.78, 5) is 18.4. The number of amides is 1. The van der Waals surface area contributed by atoms with Crippen molar-refractivity contribution < 1.29 is 13.2 Å². The summed E-state index contributed by atoms with van der Waals surface area (Å²) < 4.78 is 24.8. The van der Waals surface area contributed by atoms with E-state index in [9.17, 15) is 13.2 Å². The zero-order valence-corrected chi connectivity index (χ0v) is 21.7. The van der Waals surface area contributed by atoms with E-state index in [-0.39, 0.29) is 29.9 Å². The molecule has 176 valence electrons. The van der Waals surface area contributed by atoms with E-state index in [4.69, 9.17) is 0 Å². The van der Waals surface area contributed by atoms with Crippen molar-refractivity contribution in [2.45, 2.75) is 45.1 Å². The Morgan fingerprint density at radius 2 is 1.70 bits per heavy atom. The van der Waals surface area contributed by atoms with Crippen molar-refractivity contribution in [2.75, 3.05) is 59.1 Å². The number of likely N-dealkylation sites (tertiary alicyclic amines) is 1. The number of hydrogen-bond donors (Lipinski definition) is 3. The predicted octanol–water partition coefficient (Wildman–Crippen LogP) is 0.432. The number of rotatable bonds is 8. The minimum Gasteiger partial charge on any atom is -0.356 e. The van der Waals surface area contributed by atoms with Crippen molar-refractivity contribution in [2.24, 2.45) is 10.9 Å². The number of carbonyl (C=O) groups is 1. The Morgan fingerprint density at radius 1 is 1.07 bits per heavy atom. The topological polar surface area (TPSA) is 106 Å². The lowest BCUT2D eigenvalue weighted by molar-refractivity contribution is -0.122. The molecular weight excluding hydrogens is 519 g/mol. The Labute approximate surface area is 198 Å². The van der Waals surface area contributed by atoms with Crippen LogP contribution in [0.5, 0.6) is 0 Å². The summed E-state index contributed by atoms with van der Waals surface area (Å²) >= 11 is 0. The van der Waals surface area contributed by atoms with Gasteiger partial charge in [0.25, 0.3) is 0 Å². The molecule has 0 atom stereocenters. The van der Waals surface area contributed by atoms with E-state index in [1.54, 1.807) is 11.4 Å². The fraction of sp³-hybridized carbons (Fsp3) is 0.895. The summed E-state index contributed by atoms with van der Waals surface area (Å²) in [6.07, 6.45) is 5.94. The van der Waals surface area contributed by atoms with Gasteiger partial charge in [0.1, 0.15) is 0 Å². The number of carbonyl (C=O) groups excluding carboxylic acids is 1. The lowest BCUT2D eigenvalue weighted by atomic mass is 9.98. The number of aliphatic imine (C=N–C) groups is 1. The first-order valence-corrected chi connectivity index (χ1v) is 12.6. The summed E-state index contributed by atoms with van der Waals surface area (Å²) in [5.74, 6) is 1.36. The van der Waals surface area contributed by atoms with Crippen LogP contribution >= 0.6 is 24.0 Å². The van der Waals surface area contributed by atoms with Crippen molar-refractivity contribution in [1.29, 1.82) is 0 Å². The van der Waals surface area contributed by atoms with Crippen LogP contribution < -0.4 is 16.0 Å².